The van der Waals surface area contributed by atoms with E-state index in [1.807, 2.05) is 25.1 Å². The van der Waals surface area contributed by atoms with Crippen molar-refractivity contribution in [2.24, 2.45) is 0 Å². The van der Waals surface area contributed by atoms with Gasteiger partial charge in [-0.25, -0.2) is 4.98 Å². The fraction of sp³-hybridized carbons (Fsp3) is 0.100. The van der Waals surface area contributed by atoms with Crippen LogP contribution < -0.4 is 5.73 Å². The number of nitrogen functional groups attached to an aromatic ring is 1. The van der Waals surface area contributed by atoms with Crippen LogP contribution in [0.3, 0.4) is 0 Å². The van der Waals surface area contributed by atoms with E-state index in [0.29, 0.717) is 5.82 Å². The van der Waals surface area contributed by atoms with Crippen molar-refractivity contribution in [3.8, 4) is 10.4 Å². The van der Waals surface area contributed by atoms with Crippen LogP contribution in [0.2, 0.25) is 4.34 Å². The summed E-state index contributed by atoms with van der Waals surface area (Å²) < 4.78 is 0.765. The van der Waals surface area contributed by atoms with E-state index in [1.54, 1.807) is 6.20 Å². The van der Waals surface area contributed by atoms with Gasteiger partial charge in [-0.15, -0.1) is 11.3 Å². The molecule has 0 saturated heterocycles. The molecule has 0 aromatic carbocycles. The van der Waals surface area contributed by atoms with Gasteiger partial charge in [0.15, 0.2) is 0 Å². The molecule has 0 radical (unpaired) electrons. The molecule has 0 spiro atoms. The predicted octanol–water partition coefficient (Wildman–Crippen LogP) is 3.35. The van der Waals surface area contributed by atoms with Crippen LogP contribution >= 0.6 is 22.9 Å². The highest BCUT2D eigenvalue weighted by atomic mass is 35.5. The summed E-state index contributed by atoms with van der Waals surface area (Å²) in [4.78, 5) is 5.16. The second-order valence-electron chi connectivity index (χ2n) is 3.05. The van der Waals surface area contributed by atoms with Gasteiger partial charge in [0.05, 0.1) is 4.34 Å². The monoisotopic (exact) mass is 224 g/mol. The van der Waals surface area contributed by atoms with Crippen LogP contribution in [0, 0.1) is 6.92 Å². The number of nitrogens with two attached hydrogens (primary N) is 1. The summed E-state index contributed by atoms with van der Waals surface area (Å²) in [5, 5.41) is 0. The molecule has 2 nitrogen and oxygen atoms in total. The number of thiophene rings is 1. The first kappa shape index (κ1) is 9.49. The minimum Gasteiger partial charge on any atom is -0.383 e. The number of hydrogen-bond acceptors (Lipinski definition) is 3. The van der Waals surface area contributed by atoms with E-state index in [9.17, 15) is 0 Å². The fourth-order valence-corrected chi connectivity index (χ4v) is 2.30. The van der Waals surface area contributed by atoms with E-state index < -0.39 is 0 Å². The molecule has 0 atom stereocenters. The van der Waals surface area contributed by atoms with Crippen molar-refractivity contribution in [1.82, 2.24) is 4.98 Å². The summed E-state index contributed by atoms with van der Waals surface area (Å²) in [6.45, 7) is 1.99. The molecule has 72 valence electrons. The molecule has 2 N–H and O–H groups in total. The van der Waals surface area contributed by atoms with Crippen molar-refractivity contribution < 1.29 is 0 Å². The summed E-state index contributed by atoms with van der Waals surface area (Å²) in [6.07, 6.45) is 1.76. The number of aryl methyl sites for hydroxylation is 1. The number of rotatable bonds is 1. The predicted molar refractivity (Wildman–Crippen MR) is 61.7 cm³/mol. The topological polar surface area (TPSA) is 38.9 Å². The highest BCUT2D eigenvalue weighted by Gasteiger charge is 2.06. The number of pyridine rings is 1. The van der Waals surface area contributed by atoms with Crippen LogP contribution in [0.5, 0.6) is 0 Å². The van der Waals surface area contributed by atoms with Crippen molar-refractivity contribution in [2.45, 2.75) is 6.92 Å². The van der Waals surface area contributed by atoms with E-state index in [4.69, 9.17) is 17.3 Å². The first-order valence-electron chi connectivity index (χ1n) is 4.14. The van der Waals surface area contributed by atoms with Crippen molar-refractivity contribution in [1.29, 1.82) is 0 Å². The first-order valence-corrected chi connectivity index (χ1v) is 5.34. The molecule has 2 rings (SSSR count). The largest absolute Gasteiger partial charge is 0.383 e. The molecule has 0 aliphatic rings. The van der Waals surface area contributed by atoms with E-state index in [-0.39, 0.29) is 0 Å². The van der Waals surface area contributed by atoms with E-state index in [2.05, 4.69) is 4.98 Å². The lowest BCUT2D eigenvalue weighted by Gasteiger charge is -2.02. The van der Waals surface area contributed by atoms with Crippen LogP contribution in [-0.2, 0) is 0 Å². The van der Waals surface area contributed by atoms with E-state index in [1.165, 1.54) is 11.3 Å². The van der Waals surface area contributed by atoms with Crippen molar-refractivity contribution in [2.75, 3.05) is 5.73 Å². The average Bonchev–Trinajstić information content (AvgIpc) is 2.56. The van der Waals surface area contributed by atoms with Gasteiger partial charge in [-0.1, -0.05) is 11.6 Å². The normalized spacial score (nSPS) is 10.4. The smallest absolute Gasteiger partial charge is 0.132 e. The summed E-state index contributed by atoms with van der Waals surface area (Å²) >= 11 is 7.37. The molecule has 2 aromatic rings. The lowest BCUT2D eigenvalue weighted by molar-refractivity contribution is 1.28. The summed E-state index contributed by atoms with van der Waals surface area (Å²) in [5.41, 5.74) is 7.84. The van der Waals surface area contributed by atoms with Gasteiger partial charge in [-0.2, -0.15) is 0 Å². The van der Waals surface area contributed by atoms with Crippen LogP contribution in [0.15, 0.2) is 24.4 Å². The second kappa shape index (κ2) is 3.59. The highest BCUT2D eigenvalue weighted by molar-refractivity contribution is 7.19. The quantitative estimate of drug-likeness (QED) is 0.807. The molecule has 14 heavy (non-hydrogen) atoms. The van der Waals surface area contributed by atoms with Gasteiger partial charge in [0.25, 0.3) is 0 Å². The SMILES string of the molecule is Cc1cnc(N)c(-c2ccc(Cl)s2)c1. The number of aromatic nitrogens is 1. The minimum absolute atomic E-state index is 0.550. The van der Waals surface area contributed by atoms with Gasteiger partial charge in [-0.05, 0) is 30.7 Å². The van der Waals surface area contributed by atoms with Crippen molar-refractivity contribution >= 4 is 28.8 Å². The molecular weight excluding hydrogens is 216 g/mol. The van der Waals surface area contributed by atoms with Gasteiger partial charge < -0.3 is 5.73 Å². The maximum atomic E-state index is 5.86. The number of halogens is 1. The van der Waals surface area contributed by atoms with Crippen LogP contribution in [0.1, 0.15) is 5.56 Å². The van der Waals surface area contributed by atoms with Gasteiger partial charge in [0, 0.05) is 16.6 Å². The number of anilines is 1. The fourth-order valence-electron chi connectivity index (χ4n) is 1.24. The summed E-state index contributed by atoms with van der Waals surface area (Å²) in [6, 6.07) is 5.84. The summed E-state index contributed by atoms with van der Waals surface area (Å²) in [7, 11) is 0. The Bertz CT molecular complexity index is 465. The Morgan fingerprint density at radius 1 is 1.43 bits per heavy atom. The van der Waals surface area contributed by atoms with Crippen molar-refractivity contribution in [3.05, 3.63) is 34.3 Å². The lowest BCUT2D eigenvalue weighted by Crippen LogP contribution is -1.93. The molecule has 2 aromatic heterocycles. The molecular formula is C10H9ClN2S. The highest BCUT2D eigenvalue weighted by Crippen LogP contribution is 2.33. The van der Waals surface area contributed by atoms with Gasteiger partial charge in [0.2, 0.25) is 0 Å². The Labute approximate surface area is 91.4 Å². The van der Waals surface area contributed by atoms with Gasteiger partial charge in [-0.3, -0.25) is 0 Å². The third kappa shape index (κ3) is 1.74. The van der Waals surface area contributed by atoms with Crippen LogP contribution in [0.4, 0.5) is 5.82 Å². The zero-order chi connectivity index (χ0) is 10.1. The van der Waals surface area contributed by atoms with E-state index >= 15 is 0 Å². The number of hydrogen-bond donors (Lipinski definition) is 1. The lowest BCUT2D eigenvalue weighted by atomic mass is 10.2. The average molecular weight is 225 g/mol. The second-order valence-corrected chi connectivity index (χ2v) is 4.76. The van der Waals surface area contributed by atoms with Gasteiger partial charge >= 0.3 is 0 Å². The maximum absolute atomic E-state index is 5.86. The molecule has 0 saturated carbocycles. The summed E-state index contributed by atoms with van der Waals surface area (Å²) in [5.74, 6) is 0.550. The minimum atomic E-state index is 0.550. The van der Waals surface area contributed by atoms with Crippen molar-refractivity contribution in [3.63, 3.8) is 0 Å². The third-order valence-electron chi connectivity index (χ3n) is 1.89. The molecule has 2 heterocycles. The first-order chi connectivity index (χ1) is 6.66. The molecule has 0 aliphatic heterocycles. The molecule has 4 heteroatoms. The Balaban J connectivity index is 2.55. The molecule has 0 fully saturated rings. The third-order valence-corrected chi connectivity index (χ3v) is 3.16. The molecule has 0 bridgehead atoms. The standard InChI is InChI=1S/C10H9ClN2S/c1-6-4-7(10(12)13-5-6)8-2-3-9(11)14-8/h2-5H,1H3,(H2,12,13). The Kier molecular flexibility index (Phi) is 2.44. The maximum Gasteiger partial charge on any atom is 0.132 e. The van der Waals surface area contributed by atoms with Crippen LogP contribution in [-0.4, -0.2) is 4.98 Å². The Morgan fingerprint density at radius 2 is 2.21 bits per heavy atom. The zero-order valence-corrected chi connectivity index (χ0v) is 9.19. The molecule has 0 unspecified atom stereocenters. The molecule has 0 amide bonds. The number of nitrogens with zero attached hydrogens (tertiary/aromatic N) is 1. The zero-order valence-electron chi connectivity index (χ0n) is 7.62. The van der Waals surface area contributed by atoms with Gasteiger partial charge in [0.1, 0.15) is 5.82 Å². The molecule has 0 aliphatic carbocycles. The Hall–Kier alpha value is -1.06. The Morgan fingerprint density at radius 3 is 2.86 bits per heavy atom. The van der Waals surface area contributed by atoms with Crippen LogP contribution in [0.25, 0.3) is 10.4 Å². The van der Waals surface area contributed by atoms with E-state index in [0.717, 1.165) is 20.3 Å².